The summed E-state index contributed by atoms with van der Waals surface area (Å²) in [5.41, 5.74) is 1.41. The first-order valence-electron chi connectivity index (χ1n) is 11.8. The number of ether oxygens (including phenoxy) is 4. The summed E-state index contributed by atoms with van der Waals surface area (Å²) in [7, 11) is 6.08. The Balaban J connectivity index is 1.74. The number of carbonyl (C=O) groups is 2. The molecule has 10 heteroatoms. The highest BCUT2D eigenvalue weighted by Crippen LogP contribution is 2.38. The van der Waals surface area contributed by atoms with Crippen LogP contribution < -0.4 is 24.3 Å². The zero-order valence-electron chi connectivity index (χ0n) is 22.0. The van der Waals surface area contributed by atoms with Gasteiger partial charge in [0.25, 0.3) is 11.8 Å². The maximum atomic E-state index is 13.5. The third kappa shape index (κ3) is 6.93. The Bertz CT molecular complexity index is 1180. The van der Waals surface area contributed by atoms with Crippen LogP contribution in [0.3, 0.4) is 0 Å². The van der Waals surface area contributed by atoms with E-state index >= 15 is 0 Å². The first-order valence-corrected chi connectivity index (χ1v) is 11.8. The molecule has 0 unspecified atom stereocenters. The minimum Gasteiger partial charge on any atom is -0.497 e. The van der Waals surface area contributed by atoms with Gasteiger partial charge in [0, 0.05) is 24.7 Å². The van der Waals surface area contributed by atoms with Crippen LogP contribution in [0.25, 0.3) is 0 Å². The number of rotatable bonds is 12. The number of hydrogen-bond acceptors (Lipinski definition) is 8. The molecule has 10 nitrogen and oxygen atoms in total. The fraction of sp³-hybridized carbons (Fsp3) is 0.370. The van der Waals surface area contributed by atoms with Gasteiger partial charge in [0.05, 0.1) is 35.0 Å². The van der Waals surface area contributed by atoms with E-state index in [9.17, 15) is 9.59 Å². The molecule has 2 aromatic carbocycles. The molecule has 2 amide bonds. The van der Waals surface area contributed by atoms with E-state index in [4.69, 9.17) is 23.5 Å². The van der Waals surface area contributed by atoms with Gasteiger partial charge in [0.2, 0.25) is 5.75 Å². The average molecular weight is 512 g/mol. The Morgan fingerprint density at radius 3 is 2.14 bits per heavy atom. The van der Waals surface area contributed by atoms with E-state index in [-0.39, 0.29) is 30.0 Å². The monoisotopic (exact) mass is 511 g/mol. The number of nitrogens with one attached hydrogen (secondary N) is 1. The van der Waals surface area contributed by atoms with Gasteiger partial charge in [-0.15, -0.1) is 0 Å². The number of hydrogen-bond donors (Lipinski definition) is 1. The number of methoxy groups -OCH3 is 4. The maximum absolute atomic E-state index is 13.5. The van der Waals surface area contributed by atoms with Crippen molar-refractivity contribution in [3.05, 3.63) is 65.0 Å². The van der Waals surface area contributed by atoms with Gasteiger partial charge in [0.15, 0.2) is 23.0 Å². The lowest BCUT2D eigenvalue weighted by Crippen LogP contribution is -2.33. The predicted molar refractivity (Wildman–Crippen MR) is 136 cm³/mol. The second-order valence-electron chi connectivity index (χ2n) is 8.70. The molecule has 0 bridgehead atoms. The van der Waals surface area contributed by atoms with E-state index in [0.29, 0.717) is 41.7 Å². The van der Waals surface area contributed by atoms with Gasteiger partial charge in [-0.3, -0.25) is 9.59 Å². The third-order valence-corrected chi connectivity index (χ3v) is 5.53. The molecule has 1 N–H and O–H groups in total. The van der Waals surface area contributed by atoms with Gasteiger partial charge in [-0.25, -0.2) is 0 Å². The van der Waals surface area contributed by atoms with Crippen LogP contribution in [0.15, 0.2) is 47.0 Å². The number of carbonyl (C=O) groups excluding carboxylic acids is 2. The number of aromatic nitrogens is 1. The summed E-state index contributed by atoms with van der Waals surface area (Å²) < 4.78 is 26.7. The molecule has 37 heavy (non-hydrogen) atoms. The van der Waals surface area contributed by atoms with Crippen molar-refractivity contribution < 1.29 is 33.1 Å². The Morgan fingerprint density at radius 2 is 1.59 bits per heavy atom. The van der Waals surface area contributed by atoms with Crippen LogP contribution in [0.2, 0.25) is 0 Å². The third-order valence-electron chi connectivity index (χ3n) is 5.53. The van der Waals surface area contributed by atoms with Gasteiger partial charge in [-0.1, -0.05) is 31.1 Å². The average Bonchev–Trinajstić information content (AvgIpc) is 3.38. The molecular formula is C27H33N3O7. The fourth-order valence-electron chi connectivity index (χ4n) is 3.75. The molecule has 0 aliphatic rings. The van der Waals surface area contributed by atoms with Crippen LogP contribution in [0.1, 0.15) is 46.0 Å². The van der Waals surface area contributed by atoms with Gasteiger partial charge >= 0.3 is 0 Å². The van der Waals surface area contributed by atoms with E-state index in [1.54, 1.807) is 30.2 Å². The number of nitrogens with zero attached hydrogens (tertiary/aromatic N) is 2. The van der Waals surface area contributed by atoms with Crippen molar-refractivity contribution in [3.63, 3.8) is 0 Å². The number of amides is 2. The minimum absolute atomic E-state index is 0.131. The summed E-state index contributed by atoms with van der Waals surface area (Å²) >= 11 is 0. The molecule has 1 aromatic heterocycles. The molecule has 198 valence electrons. The van der Waals surface area contributed by atoms with Crippen LogP contribution >= 0.6 is 0 Å². The van der Waals surface area contributed by atoms with Crippen LogP contribution in [0.4, 0.5) is 0 Å². The fourth-order valence-corrected chi connectivity index (χ4v) is 3.75. The first-order chi connectivity index (χ1) is 17.8. The normalized spacial score (nSPS) is 10.7. The zero-order valence-corrected chi connectivity index (χ0v) is 22.0. The first kappa shape index (κ1) is 27.4. The maximum Gasteiger partial charge on any atom is 0.273 e. The molecular weight excluding hydrogens is 478 g/mol. The SMILES string of the molecule is COc1ccc(CNC(=O)c2cc(CN(CC(C)C)C(=O)c3cc(OC)c(OC)c(OC)c3)on2)cc1. The molecule has 0 radical (unpaired) electrons. The predicted octanol–water partition coefficient (Wildman–Crippen LogP) is 3.94. The smallest absolute Gasteiger partial charge is 0.273 e. The summed E-state index contributed by atoms with van der Waals surface area (Å²) in [5, 5.41) is 6.71. The van der Waals surface area contributed by atoms with Gasteiger partial charge in [0.1, 0.15) is 5.75 Å². The molecule has 0 aliphatic carbocycles. The van der Waals surface area contributed by atoms with Crippen molar-refractivity contribution in [3.8, 4) is 23.0 Å². The van der Waals surface area contributed by atoms with E-state index in [0.717, 1.165) is 11.3 Å². The highest BCUT2D eigenvalue weighted by atomic mass is 16.5. The molecule has 0 spiro atoms. The summed E-state index contributed by atoms with van der Waals surface area (Å²) in [6, 6.07) is 12.1. The molecule has 0 aliphatic heterocycles. The van der Waals surface area contributed by atoms with Crippen molar-refractivity contribution in [2.45, 2.75) is 26.9 Å². The summed E-state index contributed by atoms with van der Waals surface area (Å²) in [6.45, 7) is 4.92. The van der Waals surface area contributed by atoms with Crippen molar-refractivity contribution in [1.82, 2.24) is 15.4 Å². The topological polar surface area (TPSA) is 112 Å². The van der Waals surface area contributed by atoms with Gasteiger partial charge < -0.3 is 33.7 Å². The van der Waals surface area contributed by atoms with Gasteiger partial charge in [-0.2, -0.15) is 0 Å². The summed E-state index contributed by atoms with van der Waals surface area (Å²) in [5.74, 6) is 1.83. The molecule has 1 heterocycles. The van der Waals surface area contributed by atoms with Crippen LogP contribution in [-0.4, -0.2) is 56.9 Å². The quantitative estimate of drug-likeness (QED) is 0.389. The highest BCUT2D eigenvalue weighted by Gasteiger charge is 2.24. The van der Waals surface area contributed by atoms with E-state index < -0.39 is 0 Å². The summed E-state index contributed by atoms with van der Waals surface area (Å²) in [6.07, 6.45) is 0. The molecule has 0 fully saturated rings. The zero-order chi connectivity index (χ0) is 26.9. The molecule has 0 saturated carbocycles. The largest absolute Gasteiger partial charge is 0.497 e. The van der Waals surface area contributed by atoms with Crippen molar-refractivity contribution in [1.29, 1.82) is 0 Å². The van der Waals surface area contributed by atoms with E-state index in [1.165, 1.54) is 21.3 Å². The van der Waals surface area contributed by atoms with Crippen molar-refractivity contribution >= 4 is 11.8 Å². The summed E-state index contributed by atoms with van der Waals surface area (Å²) in [4.78, 5) is 27.7. The van der Waals surface area contributed by atoms with Crippen molar-refractivity contribution in [2.24, 2.45) is 5.92 Å². The van der Waals surface area contributed by atoms with Crippen LogP contribution in [0.5, 0.6) is 23.0 Å². The second kappa shape index (κ2) is 12.7. The Kier molecular flexibility index (Phi) is 9.37. The number of benzene rings is 2. The van der Waals surface area contributed by atoms with E-state index in [1.807, 2.05) is 38.1 Å². The van der Waals surface area contributed by atoms with E-state index in [2.05, 4.69) is 10.5 Å². The lowest BCUT2D eigenvalue weighted by molar-refractivity contribution is 0.0704. The Morgan fingerprint density at radius 1 is 0.946 bits per heavy atom. The van der Waals surface area contributed by atoms with Gasteiger partial charge in [-0.05, 0) is 35.7 Å². The standard InChI is InChI=1S/C27H33N3O7/c1-17(2)15-30(27(32)19-11-23(34-4)25(36-6)24(12-19)35-5)16-21-13-22(29-37-21)26(31)28-14-18-7-9-20(33-3)10-8-18/h7-13,17H,14-16H2,1-6H3,(H,28,31). The molecule has 0 saturated heterocycles. The lowest BCUT2D eigenvalue weighted by Gasteiger charge is -2.24. The van der Waals surface area contributed by atoms with Crippen molar-refractivity contribution in [2.75, 3.05) is 35.0 Å². The Labute approximate surface area is 216 Å². The Hall–Kier alpha value is -4.21. The second-order valence-corrected chi connectivity index (χ2v) is 8.70. The highest BCUT2D eigenvalue weighted by molar-refractivity contribution is 5.96. The molecule has 3 rings (SSSR count). The lowest BCUT2D eigenvalue weighted by atomic mass is 10.1. The van der Waals surface area contributed by atoms with Crippen LogP contribution in [0, 0.1) is 5.92 Å². The molecule has 0 atom stereocenters. The van der Waals surface area contributed by atoms with Crippen LogP contribution in [-0.2, 0) is 13.1 Å². The minimum atomic E-state index is -0.378. The molecule has 3 aromatic rings.